The van der Waals surface area contributed by atoms with Crippen molar-refractivity contribution < 1.29 is 4.79 Å². The molecular formula is C27H29N5O. The normalized spacial score (nSPS) is 16.0. The van der Waals surface area contributed by atoms with Crippen molar-refractivity contribution in [1.82, 2.24) is 24.2 Å². The summed E-state index contributed by atoms with van der Waals surface area (Å²) in [6.45, 7) is 0. The molecule has 5 rings (SSSR count). The van der Waals surface area contributed by atoms with Crippen molar-refractivity contribution in [2.45, 2.75) is 38.1 Å². The molecule has 0 saturated heterocycles. The topological polar surface area (TPSA) is 56.0 Å². The highest BCUT2D eigenvalue weighted by atomic mass is 16.2. The number of nitrogens with zero attached hydrogens (tertiary/aromatic N) is 5. The molecule has 1 aliphatic rings. The molecule has 6 nitrogen and oxygen atoms in total. The number of fused-ring (bicyclic) bond motifs is 1. The molecule has 0 bridgehead atoms. The van der Waals surface area contributed by atoms with Crippen molar-refractivity contribution >= 4 is 5.91 Å². The highest BCUT2D eigenvalue weighted by Gasteiger charge is 2.30. The largest absolute Gasteiger partial charge is 0.333 e. The summed E-state index contributed by atoms with van der Waals surface area (Å²) >= 11 is 0. The Bertz CT molecular complexity index is 1240. The Morgan fingerprint density at radius 3 is 2.70 bits per heavy atom. The smallest absolute Gasteiger partial charge is 0.254 e. The van der Waals surface area contributed by atoms with Gasteiger partial charge in [-0.05, 0) is 37.5 Å². The minimum Gasteiger partial charge on any atom is -0.333 e. The van der Waals surface area contributed by atoms with Crippen molar-refractivity contribution in [3.8, 4) is 16.9 Å². The molecular weight excluding hydrogens is 410 g/mol. The summed E-state index contributed by atoms with van der Waals surface area (Å²) in [4.78, 5) is 19.6. The van der Waals surface area contributed by atoms with Crippen LogP contribution in [-0.4, -0.2) is 37.2 Å². The minimum atomic E-state index is -0.0478. The standard InChI is InChI=1S/C27H29N5O/c1-30(27(33)21-12-9-13-22(18-21)32-17-16-28-19-32)24-15-8-4-7-14-23-25(24)29-31(2)26(23)20-10-5-3-6-11-20/h3,5-6,9-13,16-19,24H,4,7-8,14-15H2,1-2H3. The van der Waals surface area contributed by atoms with E-state index < -0.39 is 0 Å². The molecule has 33 heavy (non-hydrogen) atoms. The molecule has 0 fully saturated rings. The first-order valence-corrected chi connectivity index (χ1v) is 11.6. The average molecular weight is 440 g/mol. The fourth-order valence-corrected chi connectivity index (χ4v) is 4.95. The summed E-state index contributed by atoms with van der Waals surface area (Å²) in [5, 5.41) is 4.98. The van der Waals surface area contributed by atoms with E-state index in [2.05, 4.69) is 29.2 Å². The maximum atomic E-state index is 13.6. The first kappa shape index (κ1) is 21.2. The quantitative estimate of drug-likeness (QED) is 0.439. The molecule has 1 amide bonds. The maximum absolute atomic E-state index is 13.6. The highest BCUT2D eigenvalue weighted by Crippen LogP contribution is 2.37. The fourth-order valence-electron chi connectivity index (χ4n) is 4.95. The molecule has 6 heteroatoms. The Morgan fingerprint density at radius 1 is 1.06 bits per heavy atom. The molecule has 2 aromatic heterocycles. The summed E-state index contributed by atoms with van der Waals surface area (Å²) in [7, 11) is 3.93. The van der Waals surface area contributed by atoms with Gasteiger partial charge in [0.25, 0.3) is 5.91 Å². The lowest BCUT2D eigenvalue weighted by Gasteiger charge is -2.29. The van der Waals surface area contributed by atoms with E-state index in [-0.39, 0.29) is 11.9 Å². The zero-order chi connectivity index (χ0) is 22.8. The van der Waals surface area contributed by atoms with Gasteiger partial charge in [0.05, 0.1) is 23.8 Å². The van der Waals surface area contributed by atoms with Gasteiger partial charge in [-0.1, -0.05) is 49.2 Å². The predicted octanol–water partition coefficient (Wildman–Crippen LogP) is 5.20. The molecule has 2 heterocycles. The van der Waals surface area contributed by atoms with Gasteiger partial charge in [0.2, 0.25) is 0 Å². The predicted molar refractivity (Wildman–Crippen MR) is 129 cm³/mol. The molecule has 1 aliphatic carbocycles. The molecule has 4 aromatic rings. The van der Waals surface area contributed by atoms with Crippen LogP contribution in [-0.2, 0) is 13.5 Å². The van der Waals surface area contributed by atoms with Crippen LogP contribution >= 0.6 is 0 Å². The summed E-state index contributed by atoms with van der Waals surface area (Å²) < 4.78 is 3.91. The van der Waals surface area contributed by atoms with Crippen LogP contribution in [0.1, 0.15) is 53.3 Å². The lowest BCUT2D eigenvalue weighted by atomic mass is 9.91. The lowest BCUT2D eigenvalue weighted by Crippen LogP contribution is -2.32. The number of imidazole rings is 1. The number of carbonyl (C=O) groups excluding carboxylic acids is 1. The zero-order valence-corrected chi connectivity index (χ0v) is 19.2. The number of carbonyl (C=O) groups is 1. The van der Waals surface area contributed by atoms with Crippen molar-refractivity contribution in [2.24, 2.45) is 7.05 Å². The van der Waals surface area contributed by atoms with Crippen LogP contribution < -0.4 is 0 Å². The van der Waals surface area contributed by atoms with E-state index in [1.165, 1.54) is 16.8 Å². The molecule has 0 aliphatic heterocycles. The molecule has 0 spiro atoms. The number of hydrogen-bond acceptors (Lipinski definition) is 3. The van der Waals surface area contributed by atoms with Crippen LogP contribution in [0.25, 0.3) is 16.9 Å². The third-order valence-electron chi connectivity index (χ3n) is 6.63. The van der Waals surface area contributed by atoms with Gasteiger partial charge >= 0.3 is 0 Å². The van der Waals surface area contributed by atoms with Gasteiger partial charge < -0.3 is 9.47 Å². The molecule has 1 unspecified atom stereocenters. The molecule has 0 radical (unpaired) electrons. The summed E-state index contributed by atoms with van der Waals surface area (Å²) in [5.41, 5.74) is 6.26. The second-order valence-corrected chi connectivity index (χ2v) is 8.75. The van der Waals surface area contributed by atoms with E-state index in [1.807, 2.05) is 64.8 Å². The number of hydrogen-bond donors (Lipinski definition) is 0. The second-order valence-electron chi connectivity index (χ2n) is 8.75. The van der Waals surface area contributed by atoms with E-state index >= 15 is 0 Å². The molecule has 2 aromatic carbocycles. The van der Waals surface area contributed by atoms with Crippen LogP contribution in [0.5, 0.6) is 0 Å². The van der Waals surface area contributed by atoms with Crippen LogP contribution in [0.4, 0.5) is 0 Å². The molecule has 0 saturated carbocycles. The second kappa shape index (κ2) is 9.06. The van der Waals surface area contributed by atoms with Crippen LogP contribution in [0, 0.1) is 0 Å². The van der Waals surface area contributed by atoms with Gasteiger partial charge in [-0.15, -0.1) is 0 Å². The summed E-state index contributed by atoms with van der Waals surface area (Å²) in [6.07, 6.45) is 10.7. The highest BCUT2D eigenvalue weighted by molar-refractivity contribution is 5.95. The Hall–Kier alpha value is -3.67. The van der Waals surface area contributed by atoms with Crippen molar-refractivity contribution in [2.75, 3.05) is 7.05 Å². The van der Waals surface area contributed by atoms with Gasteiger partial charge in [-0.2, -0.15) is 5.10 Å². The number of aryl methyl sites for hydroxylation is 1. The van der Waals surface area contributed by atoms with Gasteiger partial charge in [-0.25, -0.2) is 4.98 Å². The molecule has 0 N–H and O–H groups in total. The van der Waals surface area contributed by atoms with Crippen molar-refractivity contribution in [1.29, 1.82) is 0 Å². The van der Waals surface area contributed by atoms with Crippen LogP contribution in [0.2, 0.25) is 0 Å². The third kappa shape index (κ3) is 4.09. The first-order valence-electron chi connectivity index (χ1n) is 11.6. The summed E-state index contributed by atoms with van der Waals surface area (Å²) in [6, 6.07) is 18.1. The number of benzene rings is 2. The first-order chi connectivity index (χ1) is 16.1. The van der Waals surface area contributed by atoms with Gasteiger partial charge in [-0.3, -0.25) is 9.48 Å². The lowest BCUT2D eigenvalue weighted by molar-refractivity contribution is 0.0714. The van der Waals surface area contributed by atoms with E-state index in [1.54, 1.807) is 12.5 Å². The number of aromatic nitrogens is 4. The van der Waals surface area contributed by atoms with Gasteiger partial charge in [0, 0.05) is 48.9 Å². The average Bonchev–Trinajstić information content (AvgIpc) is 3.48. The van der Waals surface area contributed by atoms with Crippen molar-refractivity contribution in [3.63, 3.8) is 0 Å². The Labute approximate surface area is 194 Å². The fraction of sp³-hybridized carbons (Fsp3) is 0.296. The zero-order valence-electron chi connectivity index (χ0n) is 19.2. The van der Waals surface area contributed by atoms with Crippen molar-refractivity contribution in [3.05, 3.63) is 90.1 Å². The van der Waals surface area contributed by atoms with Gasteiger partial charge in [0.15, 0.2) is 0 Å². The SMILES string of the molecule is CN(C(=O)c1cccc(-n2ccnc2)c1)C1CCCCCc2c1nn(C)c2-c1ccccc1. The Balaban J connectivity index is 1.51. The van der Waals surface area contributed by atoms with E-state index in [9.17, 15) is 4.79 Å². The van der Waals surface area contributed by atoms with Crippen LogP contribution in [0.15, 0.2) is 73.3 Å². The van der Waals surface area contributed by atoms with E-state index in [0.717, 1.165) is 43.5 Å². The minimum absolute atomic E-state index is 0.0143. The monoisotopic (exact) mass is 439 g/mol. The third-order valence-corrected chi connectivity index (χ3v) is 6.63. The molecule has 168 valence electrons. The summed E-state index contributed by atoms with van der Waals surface area (Å²) in [5.74, 6) is 0.0143. The molecule has 1 atom stereocenters. The van der Waals surface area contributed by atoms with Crippen LogP contribution in [0.3, 0.4) is 0 Å². The number of amides is 1. The van der Waals surface area contributed by atoms with E-state index in [0.29, 0.717) is 5.56 Å². The van der Waals surface area contributed by atoms with Gasteiger partial charge in [0.1, 0.15) is 0 Å². The van der Waals surface area contributed by atoms with E-state index in [4.69, 9.17) is 5.10 Å². The Morgan fingerprint density at radius 2 is 1.91 bits per heavy atom. The number of rotatable bonds is 4. The maximum Gasteiger partial charge on any atom is 0.254 e. The Kier molecular flexibility index (Phi) is 5.82.